The van der Waals surface area contributed by atoms with Crippen LogP contribution in [0.4, 0.5) is 0 Å². The van der Waals surface area contributed by atoms with E-state index in [0.29, 0.717) is 16.7 Å². The van der Waals surface area contributed by atoms with Crippen molar-refractivity contribution < 1.29 is 81.5 Å². The number of hydrogen-bond acceptors (Lipinski definition) is 17. The van der Waals surface area contributed by atoms with Crippen LogP contribution in [0.25, 0.3) is 0 Å². The van der Waals surface area contributed by atoms with Gasteiger partial charge in [0.1, 0.15) is 38.5 Å². The van der Waals surface area contributed by atoms with E-state index in [1.165, 1.54) is 0 Å². The maximum absolute atomic E-state index is 14.3. The molecule has 0 spiro atoms. The SMILES string of the molecule is N[C@@H](CC(=O)N[C@@H](CCC(=O)OCc1ccccc1)CC(=O)N[C@@H](COCc1ccccc1)CC(=O)N[C@@H](CC(=O)N[C@@H](CCC(=O)OCc1ccccc1)CC(=O)N[C@@H](COCc1ccccc1)CC(=O)O)C(=O)OCc1ccccc1)C(=O)OCc1ccccc1. The van der Waals surface area contributed by atoms with Crippen LogP contribution in [0.5, 0.6) is 0 Å². The summed E-state index contributed by atoms with van der Waals surface area (Å²) in [4.78, 5) is 135. The van der Waals surface area contributed by atoms with Gasteiger partial charge < -0.3 is 65.8 Å². The molecule has 0 unspecified atom stereocenters. The Labute approximate surface area is 539 Å². The number of nitrogens with one attached hydrogen (secondary N) is 5. The highest BCUT2D eigenvalue weighted by Crippen LogP contribution is 2.14. The Morgan fingerprint density at radius 1 is 0.333 bits per heavy atom. The van der Waals surface area contributed by atoms with Gasteiger partial charge >= 0.3 is 29.8 Å². The van der Waals surface area contributed by atoms with Gasteiger partial charge in [-0.3, -0.25) is 43.2 Å². The van der Waals surface area contributed by atoms with Crippen LogP contribution in [0.2, 0.25) is 0 Å². The van der Waals surface area contributed by atoms with Crippen LogP contribution in [0.1, 0.15) is 97.6 Å². The van der Waals surface area contributed by atoms with E-state index in [9.17, 15) is 53.1 Å². The normalized spacial score (nSPS) is 12.8. The molecule has 8 N–H and O–H groups in total. The highest BCUT2D eigenvalue weighted by molar-refractivity contribution is 5.90. The summed E-state index contributed by atoms with van der Waals surface area (Å²) < 4.78 is 33.6. The second kappa shape index (κ2) is 40.6. The Balaban J connectivity index is 1.16. The molecule has 5 amide bonds. The molecule has 6 aromatic rings. The lowest BCUT2D eigenvalue weighted by atomic mass is 10.0. The molecule has 23 heteroatoms. The van der Waals surface area contributed by atoms with Crippen LogP contribution >= 0.6 is 0 Å². The first-order chi connectivity index (χ1) is 45.0. The van der Waals surface area contributed by atoms with Gasteiger partial charge in [-0.05, 0) is 46.2 Å². The van der Waals surface area contributed by atoms with Crippen LogP contribution in [-0.4, -0.2) is 114 Å². The summed E-state index contributed by atoms with van der Waals surface area (Å²) in [6.45, 7) is -0.688. The Kier molecular flexibility index (Phi) is 31.4. The average molecular weight is 1280 g/mol. The predicted molar refractivity (Wildman–Crippen MR) is 339 cm³/mol. The Morgan fingerprint density at radius 2 is 0.624 bits per heavy atom. The highest BCUT2D eigenvalue weighted by Gasteiger charge is 2.31. The lowest BCUT2D eigenvalue weighted by Crippen LogP contribution is -2.50. The van der Waals surface area contributed by atoms with Gasteiger partial charge in [0.2, 0.25) is 29.5 Å². The number of amides is 5. The van der Waals surface area contributed by atoms with Crippen LogP contribution in [-0.2, 0) is 116 Å². The van der Waals surface area contributed by atoms with Crippen molar-refractivity contribution in [3.8, 4) is 0 Å². The third kappa shape index (κ3) is 30.1. The van der Waals surface area contributed by atoms with Gasteiger partial charge in [-0.1, -0.05) is 182 Å². The third-order valence-electron chi connectivity index (χ3n) is 14.1. The highest BCUT2D eigenvalue weighted by atomic mass is 16.5. The average Bonchev–Trinajstić information content (AvgIpc) is 3.17. The molecular weight excluding hydrogens is 1200 g/mol. The molecule has 0 radical (unpaired) electrons. The van der Waals surface area contributed by atoms with Crippen LogP contribution in [0.3, 0.4) is 0 Å². The summed E-state index contributed by atoms with van der Waals surface area (Å²) in [7, 11) is 0. The molecule has 0 saturated carbocycles. The van der Waals surface area contributed by atoms with Crippen molar-refractivity contribution in [2.45, 2.75) is 140 Å². The number of carboxylic acid groups (broad SMARTS) is 1. The second-order valence-corrected chi connectivity index (χ2v) is 22.0. The van der Waals surface area contributed by atoms with Crippen LogP contribution in [0, 0.1) is 0 Å². The van der Waals surface area contributed by atoms with Gasteiger partial charge in [0.25, 0.3) is 0 Å². The van der Waals surface area contributed by atoms with E-state index >= 15 is 0 Å². The van der Waals surface area contributed by atoms with E-state index in [-0.39, 0.29) is 78.5 Å². The van der Waals surface area contributed by atoms with Crippen molar-refractivity contribution in [3.63, 3.8) is 0 Å². The largest absolute Gasteiger partial charge is 0.481 e. The fourth-order valence-electron chi connectivity index (χ4n) is 9.35. The Hall–Kier alpha value is -10.1. The fourth-order valence-corrected chi connectivity index (χ4v) is 9.35. The first-order valence-electron chi connectivity index (χ1n) is 30.5. The van der Waals surface area contributed by atoms with E-state index in [4.69, 9.17) is 34.2 Å². The molecule has 492 valence electrons. The second-order valence-electron chi connectivity index (χ2n) is 22.0. The van der Waals surface area contributed by atoms with Gasteiger partial charge in [0.15, 0.2) is 0 Å². The van der Waals surface area contributed by atoms with E-state index in [1.54, 1.807) is 140 Å². The first kappa shape index (κ1) is 72.0. The molecule has 0 bridgehead atoms. The fraction of sp³-hybridized carbons (Fsp3) is 0.343. The molecule has 0 heterocycles. The number of esters is 4. The van der Waals surface area contributed by atoms with Gasteiger partial charge in [0, 0.05) is 44.2 Å². The van der Waals surface area contributed by atoms with E-state index in [0.717, 1.165) is 16.7 Å². The number of carbonyl (C=O) groups excluding carboxylic acids is 9. The number of carboxylic acids is 1. The smallest absolute Gasteiger partial charge is 0.329 e. The third-order valence-corrected chi connectivity index (χ3v) is 14.1. The summed E-state index contributed by atoms with van der Waals surface area (Å²) in [5, 5.41) is 23.1. The molecule has 0 saturated heterocycles. The lowest BCUT2D eigenvalue weighted by molar-refractivity contribution is -0.150. The number of benzene rings is 6. The van der Waals surface area contributed by atoms with Crippen molar-refractivity contribution in [2.24, 2.45) is 5.73 Å². The molecule has 0 aliphatic carbocycles. The van der Waals surface area contributed by atoms with Gasteiger partial charge in [-0.25, -0.2) is 4.79 Å². The van der Waals surface area contributed by atoms with Crippen molar-refractivity contribution in [2.75, 3.05) is 13.2 Å². The molecule has 0 fully saturated rings. The number of nitrogens with two attached hydrogens (primary N) is 1. The van der Waals surface area contributed by atoms with Crippen molar-refractivity contribution in [1.82, 2.24) is 26.6 Å². The van der Waals surface area contributed by atoms with Crippen molar-refractivity contribution >= 4 is 59.4 Å². The summed E-state index contributed by atoms with van der Waals surface area (Å²) in [5.74, 6) is -8.22. The summed E-state index contributed by atoms with van der Waals surface area (Å²) in [6.07, 6.45) is -4.04. The summed E-state index contributed by atoms with van der Waals surface area (Å²) >= 11 is 0. The first-order valence-corrected chi connectivity index (χ1v) is 30.5. The monoisotopic (exact) mass is 1280 g/mol. The molecule has 0 aliphatic heterocycles. The molecule has 0 aliphatic rings. The molecular formula is C70H80N6O17. The molecule has 6 aromatic carbocycles. The molecule has 23 nitrogen and oxygen atoms in total. The zero-order chi connectivity index (χ0) is 66.4. The Bertz CT molecular complexity index is 3300. The van der Waals surface area contributed by atoms with Gasteiger partial charge in [0.05, 0.1) is 57.8 Å². The maximum atomic E-state index is 14.3. The van der Waals surface area contributed by atoms with Crippen molar-refractivity contribution in [1.29, 1.82) is 0 Å². The van der Waals surface area contributed by atoms with Gasteiger partial charge in [-0.15, -0.1) is 0 Å². The molecule has 0 aromatic heterocycles. The number of aliphatic carboxylic acids is 1. The number of ether oxygens (including phenoxy) is 6. The predicted octanol–water partition coefficient (Wildman–Crippen LogP) is 6.13. The maximum Gasteiger partial charge on any atom is 0.329 e. The quantitative estimate of drug-likeness (QED) is 0.0168. The number of carbonyl (C=O) groups is 10. The standard InChI is InChI=1S/C70H80N6O17/c71-59(69(86)92-45-53-27-15-5-16-28-53)39-64(80)72-55(31-33-67(84)90-43-51-23-11-3-12-24-51)35-61(77)74-57(47-88-41-49-19-7-1-8-20-49)37-63(79)76-60(70(87)93-46-54-29-17-6-18-30-54)40-65(81)73-56(32-34-68(85)91-44-52-25-13-4-14-26-52)36-62(78)75-58(38-66(82)83)48-89-42-50-21-9-2-10-22-50/h1-30,55-60H,31-48,71H2,(H,72,80)(H,73,81)(H,74,77)(H,75,78)(H,76,79)(H,82,83)/t55-,56-,57+,58+,59-,60-/m0/s1. The minimum atomic E-state index is -1.68. The zero-order valence-electron chi connectivity index (χ0n) is 51.6. The minimum absolute atomic E-state index is 0.0296. The summed E-state index contributed by atoms with van der Waals surface area (Å²) in [6, 6.07) is 46.0. The van der Waals surface area contributed by atoms with Crippen LogP contribution in [0.15, 0.2) is 182 Å². The van der Waals surface area contributed by atoms with E-state index in [1.807, 2.05) is 42.5 Å². The number of hydrogen-bond donors (Lipinski definition) is 7. The van der Waals surface area contributed by atoms with Gasteiger partial charge in [-0.2, -0.15) is 0 Å². The summed E-state index contributed by atoms with van der Waals surface area (Å²) in [5.41, 5.74) is 10.4. The van der Waals surface area contributed by atoms with Crippen molar-refractivity contribution in [3.05, 3.63) is 215 Å². The lowest BCUT2D eigenvalue weighted by Gasteiger charge is -2.24. The molecule has 6 atom stereocenters. The zero-order valence-corrected chi connectivity index (χ0v) is 51.6. The molecule has 6 rings (SSSR count). The Morgan fingerprint density at radius 3 is 1.00 bits per heavy atom. The number of rotatable bonds is 41. The van der Waals surface area contributed by atoms with E-state index < -0.39 is 134 Å². The molecule has 93 heavy (non-hydrogen) atoms. The minimum Gasteiger partial charge on any atom is -0.481 e. The van der Waals surface area contributed by atoms with E-state index in [2.05, 4.69) is 26.6 Å². The van der Waals surface area contributed by atoms with Crippen LogP contribution < -0.4 is 32.3 Å². The topological polar surface area (TPSA) is 332 Å².